The number of alkyl halides is 2. The highest BCUT2D eigenvalue weighted by Gasteiger charge is 2.09. The van der Waals surface area contributed by atoms with Crippen molar-refractivity contribution >= 4 is 10.8 Å². The quantitative estimate of drug-likeness (QED) is 0.624. The third kappa shape index (κ3) is 1.39. The molecule has 0 saturated carbocycles. The van der Waals surface area contributed by atoms with Gasteiger partial charge in [-0.15, -0.1) is 0 Å². The summed E-state index contributed by atoms with van der Waals surface area (Å²) in [4.78, 5) is 0. The lowest BCUT2D eigenvalue weighted by atomic mass is 10.1. The van der Waals surface area contributed by atoms with Crippen molar-refractivity contribution in [3.63, 3.8) is 0 Å². The van der Waals surface area contributed by atoms with Crippen LogP contribution in [0.2, 0.25) is 0 Å². The van der Waals surface area contributed by atoms with Gasteiger partial charge in [0.2, 0.25) is 0 Å². The molecule has 0 saturated heterocycles. The smallest absolute Gasteiger partial charge is 0.205 e. The zero-order chi connectivity index (χ0) is 9.26. The van der Waals surface area contributed by atoms with E-state index in [1.807, 2.05) is 6.07 Å². The maximum Gasteiger partial charge on any atom is 0.264 e. The lowest BCUT2D eigenvalue weighted by molar-refractivity contribution is 0.153. The molecule has 1 radical (unpaired) electrons. The van der Waals surface area contributed by atoms with Crippen LogP contribution in [0.3, 0.4) is 0 Å². The van der Waals surface area contributed by atoms with Gasteiger partial charge in [0.15, 0.2) is 0 Å². The van der Waals surface area contributed by atoms with E-state index < -0.39 is 6.43 Å². The second-order valence-electron chi connectivity index (χ2n) is 2.78. The molecule has 0 spiro atoms. The third-order valence-electron chi connectivity index (χ3n) is 1.97. The molecule has 13 heavy (non-hydrogen) atoms. The highest BCUT2D eigenvalue weighted by Crippen LogP contribution is 2.26. The monoisotopic (exact) mass is 177 g/mol. The van der Waals surface area contributed by atoms with Crippen molar-refractivity contribution in [2.24, 2.45) is 0 Å². The second-order valence-corrected chi connectivity index (χ2v) is 2.78. The van der Waals surface area contributed by atoms with Crippen molar-refractivity contribution in [1.29, 1.82) is 0 Å². The van der Waals surface area contributed by atoms with E-state index in [4.69, 9.17) is 0 Å². The van der Waals surface area contributed by atoms with E-state index in [0.717, 1.165) is 5.39 Å². The molecule has 0 bridgehead atoms. The van der Waals surface area contributed by atoms with Crippen LogP contribution >= 0.6 is 0 Å². The molecule has 0 amide bonds. The summed E-state index contributed by atoms with van der Waals surface area (Å²) in [5.41, 5.74) is 0.0781. The maximum atomic E-state index is 12.5. The second kappa shape index (κ2) is 3.13. The minimum absolute atomic E-state index is 0.0781. The summed E-state index contributed by atoms with van der Waals surface area (Å²) in [6.45, 7) is 0. The Morgan fingerprint density at radius 2 is 1.85 bits per heavy atom. The standard InChI is InChI=1S/C11H7F2/c12-11(13)10-7-3-5-8-4-1-2-6-9(8)10/h1-4,6-7,11H. The minimum Gasteiger partial charge on any atom is -0.205 e. The van der Waals surface area contributed by atoms with Crippen molar-refractivity contribution in [3.05, 3.63) is 48.0 Å². The zero-order valence-electron chi connectivity index (χ0n) is 6.80. The number of rotatable bonds is 1. The lowest BCUT2D eigenvalue weighted by Crippen LogP contribution is -1.85. The molecule has 0 aliphatic carbocycles. The molecule has 2 aromatic rings. The summed E-state index contributed by atoms with van der Waals surface area (Å²) in [5.74, 6) is 0. The van der Waals surface area contributed by atoms with Gasteiger partial charge in [-0.2, -0.15) is 0 Å². The van der Waals surface area contributed by atoms with Crippen LogP contribution in [-0.4, -0.2) is 0 Å². The van der Waals surface area contributed by atoms with Gasteiger partial charge in [0.25, 0.3) is 6.43 Å². The van der Waals surface area contributed by atoms with Crippen LogP contribution in [0.5, 0.6) is 0 Å². The first-order valence-electron chi connectivity index (χ1n) is 3.96. The molecule has 0 aromatic heterocycles. The summed E-state index contributed by atoms with van der Waals surface area (Å²) in [5, 5.41) is 1.32. The van der Waals surface area contributed by atoms with E-state index in [0.29, 0.717) is 5.39 Å². The molecule has 0 atom stereocenters. The van der Waals surface area contributed by atoms with Crippen molar-refractivity contribution in [1.82, 2.24) is 0 Å². The highest BCUT2D eigenvalue weighted by molar-refractivity contribution is 5.85. The lowest BCUT2D eigenvalue weighted by Gasteiger charge is -2.03. The van der Waals surface area contributed by atoms with E-state index >= 15 is 0 Å². The Labute approximate surface area is 74.8 Å². The van der Waals surface area contributed by atoms with Gasteiger partial charge in [-0.25, -0.2) is 8.78 Å². The Balaban J connectivity index is 2.76. The van der Waals surface area contributed by atoms with E-state index in [2.05, 4.69) is 6.07 Å². The summed E-state index contributed by atoms with van der Waals surface area (Å²) >= 11 is 0. The Morgan fingerprint density at radius 3 is 2.62 bits per heavy atom. The van der Waals surface area contributed by atoms with Crippen LogP contribution in [0, 0.1) is 6.07 Å². The first-order valence-corrected chi connectivity index (χ1v) is 3.96. The van der Waals surface area contributed by atoms with Gasteiger partial charge in [0, 0.05) is 5.56 Å². The zero-order valence-corrected chi connectivity index (χ0v) is 6.80. The van der Waals surface area contributed by atoms with Crippen LogP contribution in [-0.2, 0) is 0 Å². The normalized spacial score (nSPS) is 11.0. The fraction of sp³-hybridized carbons (Fsp3) is 0.0909. The highest BCUT2D eigenvalue weighted by atomic mass is 19.3. The van der Waals surface area contributed by atoms with Gasteiger partial charge in [-0.3, -0.25) is 0 Å². The molecule has 0 heterocycles. The number of benzene rings is 2. The molecular formula is C11H7F2. The molecule has 0 aliphatic heterocycles. The topological polar surface area (TPSA) is 0 Å². The van der Waals surface area contributed by atoms with Crippen LogP contribution < -0.4 is 0 Å². The van der Waals surface area contributed by atoms with Crippen molar-refractivity contribution in [2.75, 3.05) is 0 Å². The summed E-state index contributed by atoms with van der Waals surface area (Å²) in [6, 6.07) is 12.9. The fourth-order valence-electron chi connectivity index (χ4n) is 1.36. The first kappa shape index (κ1) is 8.17. The van der Waals surface area contributed by atoms with Crippen LogP contribution in [0.25, 0.3) is 10.8 Å². The van der Waals surface area contributed by atoms with Crippen LogP contribution in [0.1, 0.15) is 12.0 Å². The van der Waals surface area contributed by atoms with E-state index in [9.17, 15) is 8.78 Å². The van der Waals surface area contributed by atoms with E-state index in [1.165, 1.54) is 12.1 Å². The molecule has 2 heteroatoms. The Kier molecular flexibility index (Phi) is 1.97. The molecule has 2 rings (SSSR count). The van der Waals surface area contributed by atoms with Crippen LogP contribution in [0.15, 0.2) is 36.4 Å². The average Bonchev–Trinajstić information content (AvgIpc) is 2.17. The molecule has 0 fully saturated rings. The number of fused-ring (bicyclic) bond motifs is 1. The van der Waals surface area contributed by atoms with Gasteiger partial charge in [-0.1, -0.05) is 36.4 Å². The van der Waals surface area contributed by atoms with Crippen molar-refractivity contribution in [3.8, 4) is 0 Å². The van der Waals surface area contributed by atoms with Gasteiger partial charge < -0.3 is 0 Å². The predicted octanol–water partition coefficient (Wildman–Crippen LogP) is 3.58. The Hall–Kier alpha value is -1.44. The summed E-state index contributed by atoms with van der Waals surface area (Å²) in [6.07, 6.45) is -2.42. The van der Waals surface area contributed by atoms with Crippen LogP contribution in [0.4, 0.5) is 8.78 Å². The SMILES string of the molecule is FC(F)c1cc[c]c2ccccc12. The first-order chi connectivity index (χ1) is 6.29. The van der Waals surface area contributed by atoms with Gasteiger partial charge in [0.05, 0.1) is 0 Å². The predicted molar refractivity (Wildman–Crippen MR) is 47.7 cm³/mol. The largest absolute Gasteiger partial charge is 0.264 e. The molecule has 0 aliphatic rings. The number of hydrogen-bond donors (Lipinski definition) is 0. The Morgan fingerprint density at radius 1 is 1.08 bits per heavy atom. The Bertz CT molecular complexity index is 416. The van der Waals surface area contributed by atoms with Gasteiger partial charge in [0.1, 0.15) is 0 Å². The third-order valence-corrected chi connectivity index (χ3v) is 1.97. The molecule has 0 unspecified atom stereocenters. The van der Waals surface area contributed by atoms with E-state index in [-0.39, 0.29) is 5.56 Å². The summed E-state index contributed by atoms with van der Waals surface area (Å²) < 4.78 is 25.0. The fourth-order valence-corrected chi connectivity index (χ4v) is 1.36. The molecule has 65 valence electrons. The van der Waals surface area contributed by atoms with E-state index in [1.54, 1.807) is 18.2 Å². The summed E-state index contributed by atoms with van der Waals surface area (Å²) in [7, 11) is 0. The maximum absolute atomic E-state index is 12.5. The van der Waals surface area contributed by atoms with Crippen molar-refractivity contribution in [2.45, 2.75) is 6.43 Å². The minimum atomic E-state index is -2.42. The molecule has 0 N–H and O–H groups in total. The van der Waals surface area contributed by atoms with Gasteiger partial charge >= 0.3 is 0 Å². The molecular weight excluding hydrogens is 170 g/mol. The average molecular weight is 177 g/mol. The number of halogens is 2. The van der Waals surface area contributed by atoms with Gasteiger partial charge in [-0.05, 0) is 16.8 Å². The molecule has 0 nitrogen and oxygen atoms in total. The van der Waals surface area contributed by atoms with Crippen molar-refractivity contribution < 1.29 is 8.78 Å². The number of hydrogen-bond acceptors (Lipinski definition) is 0. The molecule has 2 aromatic carbocycles.